The zero-order valence-corrected chi connectivity index (χ0v) is 15.2. The third-order valence-corrected chi connectivity index (χ3v) is 4.61. The molecule has 130 valence electrons. The van der Waals surface area contributed by atoms with E-state index in [4.69, 9.17) is 0 Å². The van der Waals surface area contributed by atoms with E-state index in [1.807, 2.05) is 6.20 Å². The van der Waals surface area contributed by atoms with Gasteiger partial charge in [0.1, 0.15) is 0 Å². The highest BCUT2D eigenvalue weighted by Gasteiger charge is 2.08. The molecule has 0 atom stereocenters. The van der Waals surface area contributed by atoms with Gasteiger partial charge < -0.3 is 5.32 Å². The van der Waals surface area contributed by atoms with Crippen molar-refractivity contribution in [1.29, 1.82) is 0 Å². The molecule has 0 saturated heterocycles. The van der Waals surface area contributed by atoms with Crippen LogP contribution >= 0.6 is 0 Å². The summed E-state index contributed by atoms with van der Waals surface area (Å²) in [7, 11) is 0. The number of aromatic amines is 1. The molecule has 2 aromatic carbocycles. The Morgan fingerprint density at radius 2 is 1.84 bits per heavy atom. The lowest BCUT2D eigenvalue weighted by atomic mass is 10.0. The number of aromatic nitrogens is 2. The molecule has 0 aliphatic carbocycles. The molecule has 0 aliphatic rings. The van der Waals surface area contributed by atoms with Crippen molar-refractivity contribution in [3.8, 4) is 11.1 Å². The van der Waals surface area contributed by atoms with Crippen molar-refractivity contribution in [1.82, 2.24) is 10.2 Å². The predicted octanol–water partition coefficient (Wildman–Crippen LogP) is 5.59. The lowest BCUT2D eigenvalue weighted by Gasteiger charge is -2.09. The van der Waals surface area contributed by atoms with Gasteiger partial charge in [0.2, 0.25) is 0 Å². The van der Waals surface area contributed by atoms with E-state index in [0.717, 1.165) is 36.3 Å². The van der Waals surface area contributed by atoms with E-state index in [1.54, 1.807) is 0 Å². The van der Waals surface area contributed by atoms with E-state index in [2.05, 4.69) is 77.9 Å². The van der Waals surface area contributed by atoms with Gasteiger partial charge >= 0.3 is 0 Å². The van der Waals surface area contributed by atoms with Crippen LogP contribution < -0.4 is 5.32 Å². The Morgan fingerprint density at radius 1 is 1.00 bits per heavy atom. The van der Waals surface area contributed by atoms with Crippen LogP contribution in [0.5, 0.6) is 0 Å². The fraction of sp³-hybridized carbons (Fsp3) is 0.318. The van der Waals surface area contributed by atoms with Gasteiger partial charge in [0.25, 0.3) is 0 Å². The van der Waals surface area contributed by atoms with Crippen LogP contribution in [0.15, 0.2) is 54.7 Å². The van der Waals surface area contributed by atoms with Gasteiger partial charge in [0.15, 0.2) is 0 Å². The molecule has 0 aliphatic heterocycles. The molecule has 0 bridgehead atoms. The molecule has 0 spiro atoms. The maximum atomic E-state index is 4.25. The Morgan fingerprint density at radius 3 is 2.60 bits per heavy atom. The molecule has 0 radical (unpaired) electrons. The smallest absolute Gasteiger partial charge is 0.0621 e. The molecular weight excluding hydrogens is 306 g/mol. The first-order valence-corrected chi connectivity index (χ1v) is 9.24. The number of nitrogens with zero attached hydrogens (tertiary/aromatic N) is 1. The monoisotopic (exact) mass is 333 g/mol. The van der Waals surface area contributed by atoms with Crippen LogP contribution in [0.2, 0.25) is 0 Å². The minimum atomic E-state index is 0.738. The van der Waals surface area contributed by atoms with Crippen LogP contribution in [-0.2, 0) is 19.4 Å². The van der Waals surface area contributed by atoms with Crippen molar-refractivity contribution in [2.24, 2.45) is 0 Å². The molecule has 0 fully saturated rings. The third kappa shape index (κ3) is 4.50. The van der Waals surface area contributed by atoms with Crippen molar-refractivity contribution in [3.63, 3.8) is 0 Å². The van der Waals surface area contributed by atoms with Crippen LogP contribution in [0.3, 0.4) is 0 Å². The Balaban J connectivity index is 1.69. The first-order valence-electron chi connectivity index (χ1n) is 9.24. The normalized spacial score (nSPS) is 10.8. The molecule has 3 rings (SSSR count). The molecule has 2 N–H and O–H groups in total. The standard InChI is InChI=1S/C22H27N3/c1-3-5-7-18-8-6-9-20(14-18)23-16-22-21(15-24-25-22)19-12-10-17(4-2)11-13-19/h6,8-15,23H,3-5,7,16H2,1-2H3,(H,24,25). The van der Waals surface area contributed by atoms with Gasteiger partial charge in [-0.15, -0.1) is 0 Å². The second-order valence-corrected chi connectivity index (χ2v) is 6.47. The summed E-state index contributed by atoms with van der Waals surface area (Å²) in [6.07, 6.45) is 6.59. The summed E-state index contributed by atoms with van der Waals surface area (Å²) in [5.41, 5.74) is 7.40. The molecule has 3 aromatic rings. The van der Waals surface area contributed by atoms with Crippen LogP contribution in [-0.4, -0.2) is 10.2 Å². The predicted molar refractivity (Wildman–Crippen MR) is 106 cm³/mol. The minimum absolute atomic E-state index is 0.738. The highest BCUT2D eigenvalue weighted by molar-refractivity contribution is 5.66. The minimum Gasteiger partial charge on any atom is -0.379 e. The molecule has 25 heavy (non-hydrogen) atoms. The lowest BCUT2D eigenvalue weighted by molar-refractivity contribution is 0.795. The second kappa shape index (κ2) is 8.52. The molecule has 3 nitrogen and oxygen atoms in total. The average molecular weight is 333 g/mol. The lowest BCUT2D eigenvalue weighted by Crippen LogP contribution is -2.02. The van der Waals surface area contributed by atoms with Crippen LogP contribution in [0.25, 0.3) is 11.1 Å². The SMILES string of the molecule is CCCCc1cccc(NCc2[nH]ncc2-c2ccc(CC)cc2)c1. The van der Waals surface area contributed by atoms with E-state index in [0.29, 0.717) is 0 Å². The molecule has 0 unspecified atom stereocenters. The largest absolute Gasteiger partial charge is 0.379 e. The van der Waals surface area contributed by atoms with Gasteiger partial charge in [-0.1, -0.05) is 56.7 Å². The van der Waals surface area contributed by atoms with Crippen molar-refractivity contribution in [3.05, 3.63) is 71.5 Å². The molecule has 0 saturated carbocycles. The number of benzene rings is 2. The van der Waals surface area contributed by atoms with E-state index in [1.165, 1.54) is 29.5 Å². The van der Waals surface area contributed by atoms with Crippen molar-refractivity contribution in [2.75, 3.05) is 5.32 Å². The average Bonchev–Trinajstić information content (AvgIpc) is 3.14. The Kier molecular flexibility index (Phi) is 5.89. The highest BCUT2D eigenvalue weighted by Crippen LogP contribution is 2.23. The van der Waals surface area contributed by atoms with Crippen molar-refractivity contribution in [2.45, 2.75) is 46.1 Å². The molecule has 1 heterocycles. The zero-order chi connectivity index (χ0) is 17.5. The van der Waals surface area contributed by atoms with Gasteiger partial charge in [0, 0.05) is 11.3 Å². The maximum absolute atomic E-state index is 4.25. The topological polar surface area (TPSA) is 40.7 Å². The molecule has 0 amide bonds. The summed E-state index contributed by atoms with van der Waals surface area (Å²) < 4.78 is 0. The summed E-state index contributed by atoms with van der Waals surface area (Å²) in [6.45, 7) is 5.15. The first kappa shape index (κ1) is 17.3. The summed E-state index contributed by atoms with van der Waals surface area (Å²) in [6, 6.07) is 17.5. The summed E-state index contributed by atoms with van der Waals surface area (Å²) in [4.78, 5) is 0. The van der Waals surface area contributed by atoms with Gasteiger partial charge in [-0.3, -0.25) is 5.10 Å². The van der Waals surface area contributed by atoms with E-state index >= 15 is 0 Å². The zero-order valence-electron chi connectivity index (χ0n) is 15.2. The Hall–Kier alpha value is -2.55. The van der Waals surface area contributed by atoms with Crippen LogP contribution in [0.1, 0.15) is 43.5 Å². The number of aryl methyl sites for hydroxylation is 2. The van der Waals surface area contributed by atoms with Crippen molar-refractivity contribution >= 4 is 5.69 Å². The second-order valence-electron chi connectivity index (χ2n) is 6.47. The van der Waals surface area contributed by atoms with Gasteiger partial charge in [-0.05, 0) is 48.1 Å². The van der Waals surface area contributed by atoms with Gasteiger partial charge in [-0.2, -0.15) is 5.10 Å². The van der Waals surface area contributed by atoms with Crippen LogP contribution in [0, 0.1) is 0 Å². The molecular formula is C22H27N3. The maximum Gasteiger partial charge on any atom is 0.0621 e. The number of anilines is 1. The number of rotatable bonds is 8. The third-order valence-electron chi connectivity index (χ3n) is 4.61. The molecule has 3 heteroatoms. The van der Waals surface area contributed by atoms with Gasteiger partial charge in [0.05, 0.1) is 18.4 Å². The highest BCUT2D eigenvalue weighted by atomic mass is 15.1. The number of unbranched alkanes of at least 4 members (excludes halogenated alkanes) is 1. The fourth-order valence-electron chi connectivity index (χ4n) is 3.02. The van der Waals surface area contributed by atoms with Gasteiger partial charge in [-0.25, -0.2) is 0 Å². The summed E-state index contributed by atoms with van der Waals surface area (Å²) >= 11 is 0. The fourth-order valence-corrected chi connectivity index (χ4v) is 3.02. The number of hydrogen-bond acceptors (Lipinski definition) is 2. The van der Waals surface area contributed by atoms with E-state index in [9.17, 15) is 0 Å². The Bertz CT molecular complexity index is 787. The molecule has 1 aromatic heterocycles. The number of nitrogens with one attached hydrogen (secondary N) is 2. The Labute approximate surface area is 150 Å². The summed E-state index contributed by atoms with van der Waals surface area (Å²) in [5, 5.41) is 10.9. The quantitative estimate of drug-likeness (QED) is 0.564. The van der Waals surface area contributed by atoms with E-state index < -0.39 is 0 Å². The first-order chi connectivity index (χ1) is 12.3. The summed E-state index contributed by atoms with van der Waals surface area (Å²) in [5.74, 6) is 0. The van der Waals surface area contributed by atoms with E-state index in [-0.39, 0.29) is 0 Å². The van der Waals surface area contributed by atoms with Crippen LogP contribution in [0.4, 0.5) is 5.69 Å². The van der Waals surface area contributed by atoms with Crippen molar-refractivity contribution < 1.29 is 0 Å². The number of hydrogen-bond donors (Lipinski definition) is 2. The number of H-pyrrole nitrogens is 1.